The zero-order valence-electron chi connectivity index (χ0n) is 16.7. The Morgan fingerprint density at radius 2 is 1.87 bits per heavy atom. The van der Waals surface area contributed by atoms with E-state index in [2.05, 4.69) is 15.6 Å². The number of aryl methyl sites for hydroxylation is 2. The van der Waals surface area contributed by atoms with E-state index in [9.17, 15) is 14.4 Å². The summed E-state index contributed by atoms with van der Waals surface area (Å²) in [6, 6.07) is 5.43. The summed E-state index contributed by atoms with van der Waals surface area (Å²) >= 11 is 1.40. The van der Waals surface area contributed by atoms with Gasteiger partial charge in [0.2, 0.25) is 0 Å². The van der Waals surface area contributed by atoms with Gasteiger partial charge < -0.3 is 14.8 Å². The largest absolute Gasteiger partial charge is 0.338 e. The maximum Gasteiger partial charge on any atom is 0.322 e. The van der Waals surface area contributed by atoms with Crippen LogP contribution in [-0.2, 0) is 4.79 Å². The van der Waals surface area contributed by atoms with E-state index >= 15 is 0 Å². The summed E-state index contributed by atoms with van der Waals surface area (Å²) < 4.78 is 1.96. The smallest absolute Gasteiger partial charge is 0.322 e. The topological polar surface area (TPSA) is 96.3 Å². The zero-order valence-corrected chi connectivity index (χ0v) is 17.5. The van der Waals surface area contributed by atoms with Crippen LogP contribution in [0.2, 0.25) is 0 Å². The Balaban J connectivity index is 1.52. The molecule has 3 aromatic heterocycles. The molecule has 154 valence electrons. The van der Waals surface area contributed by atoms with Gasteiger partial charge in [0.15, 0.2) is 0 Å². The first-order chi connectivity index (χ1) is 14.4. The number of hydrogen-bond donors (Lipinski definition) is 2. The van der Waals surface area contributed by atoms with Crippen LogP contribution in [0.4, 0.5) is 4.79 Å². The number of hydrogen-bond acceptors (Lipinski definition) is 5. The molecule has 0 atom stereocenters. The summed E-state index contributed by atoms with van der Waals surface area (Å²) in [4.78, 5) is 45.2. The first-order valence-corrected chi connectivity index (χ1v) is 10.7. The number of imide groups is 1. The number of rotatable bonds is 2. The molecule has 2 fully saturated rings. The molecule has 3 aromatic rings. The third kappa shape index (κ3) is 2.80. The summed E-state index contributed by atoms with van der Waals surface area (Å²) in [7, 11) is 0. The van der Waals surface area contributed by atoms with Crippen LogP contribution in [0.5, 0.6) is 0 Å². The number of carbonyl (C=O) groups excluding carboxylic acids is 3. The molecule has 2 aliphatic rings. The van der Waals surface area contributed by atoms with Crippen molar-refractivity contribution in [2.75, 3.05) is 13.1 Å². The molecule has 9 heteroatoms. The molecule has 0 bridgehead atoms. The van der Waals surface area contributed by atoms with Gasteiger partial charge in [-0.15, -0.1) is 11.3 Å². The van der Waals surface area contributed by atoms with E-state index in [0.29, 0.717) is 30.8 Å². The minimum atomic E-state index is -0.896. The fraction of sp³-hybridized carbons (Fsp3) is 0.333. The van der Waals surface area contributed by atoms with Gasteiger partial charge in [-0.1, -0.05) is 0 Å². The zero-order chi connectivity index (χ0) is 21.0. The number of amides is 4. The monoisotopic (exact) mass is 423 g/mol. The highest BCUT2D eigenvalue weighted by Gasteiger charge is 2.48. The van der Waals surface area contributed by atoms with E-state index in [1.54, 1.807) is 4.90 Å². The lowest BCUT2D eigenvalue weighted by molar-refractivity contribution is -0.125. The fourth-order valence-electron chi connectivity index (χ4n) is 4.41. The van der Waals surface area contributed by atoms with Gasteiger partial charge in [0.05, 0.1) is 5.69 Å². The molecule has 2 saturated heterocycles. The summed E-state index contributed by atoms with van der Waals surface area (Å²) in [5.41, 5.74) is 1.95. The van der Waals surface area contributed by atoms with Crippen molar-refractivity contribution >= 4 is 39.4 Å². The third-order valence-corrected chi connectivity index (χ3v) is 7.00. The molecule has 4 amide bonds. The molecule has 0 radical (unpaired) electrons. The Morgan fingerprint density at radius 3 is 2.50 bits per heavy atom. The molecule has 2 aliphatic heterocycles. The van der Waals surface area contributed by atoms with Gasteiger partial charge in [0, 0.05) is 36.6 Å². The molecule has 0 saturated carbocycles. The highest BCUT2D eigenvalue weighted by atomic mass is 32.1. The van der Waals surface area contributed by atoms with E-state index in [-0.39, 0.29) is 11.8 Å². The van der Waals surface area contributed by atoms with Gasteiger partial charge in [-0.25, -0.2) is 9.78 Å². The molecule has 5 rings (SSSR count). The number of urea groups is 1. The van der Waals surface area contributed by atoms with Crippen molar-refractivity contribution in [2.24, 2.45) is 0 Å². The number of pyridine rings is 1. The molecular weight excluding hydrogens is 402 g/mol. The van der Waals surface area contributed by atoms with Gasteiger partial charge >= 0.3 is 6.03 Å². The normalized spacial score (nSPS) is 18.1. The van der Waals surface area contributed by atoms with Crippen molar-refractivity contribution in [3.63, 3.8) is 0 Å². The quantitative estimate of drug-likeness (QED) is 0.619. The van der Waals surface area contributed by atoms with Crippen molar-refractivity contribution in [1.82, 2.24) is 25.1 Å². The standard InChI is InChI=1S/C21H21N5O3S/c1-12-11-13(2)22-17-14(12)15(25-7-3-4-8-25)16(30-17)18(27)26-9-5-21(6-10-26)19(28)23-20(29)24-21/h3-4,7-8,11H,5-6,9-10H2,1-2H3,(H2,23,24,28,29). The third-order valence-electron chi connectivity index (χ3n) is 5.94. The lowest BCUT2D eigenvalue weighted by atomic mass is 9.87. The number of nitrogens with zero attached hydrogens (tertiary/aromatic N) is 3. The number of carbonyl (C=O) groups is 3. The van der Waals surface area contributed by atoms with Crippen LogP contribution in [0.15, 0.2) is 30.6 Å². The second-order valence-electron chi connectivity index (χ2n) is 7.91. The maximum atomic E-state index is 13.5. The predicted molar refractivity (Wildman–Crippen MR) is 113 cm³/mol. The van der Waals surface area contributed by atoms with E-state index in [4.69, 9.17) is 0 Å². The summed E-state index contributed by atoms with van der Waals surface area (Å²) in [5.74, 6) is -0.372. The second-order valence-corrected chi connectivity index (χ2v) is 8.91. The van der Waals surface area contributed by atoms with E-state index in [1.807, 2.05) is 49.0 Å². The predicted octanol–water partition coefficient (Wildman–Crippen LogP) is 2.52. The highest BCUT2D eigenvalue weighted by molar-refractivity contribution is 7.21. The Kier molecular flexibility index (Phi) is 4.18. The van der Waals surface area contributed by atoms with Crippen LogP contribution in [0.25, 0.3) is 15.9 Å². The summed E-state index contributed by atoms with van der Waals surface area (Å²) in [5, 5.41) is 6.03. The number of nitrogens with one attached hydrogen (secondary N) is 2. The second kappa shape index (κ2) is 6.66. The van der Waals surface area contributed by atoms with Crippen LogP contribution >= 0.6 is 11.3 Å². The fourth-order valence-corrected chi connectivity index (χ4v) is 5.68. The van der Waals surface area contributed by atoms with Crippen molar-refractivity contribution in [2.45, 2.75) is 32.2 Å². The Morgan fingerprint density at radius 1 is 1.17 bits per heavy atom. The summed E-state index contributed by atoms with van der Waals surface area (Å²) in [6.45, 7) is 4.79. The average Bonchev–Trinajstić information content (AvgIpc) is 3.40. The molecular formula is C21H21N5O3S. The Hall–Kier alpha value is -3.20. The van der Waals surface area contributed by atoms with Crippen molar-refractivity contribution < 1.29 is 14.4 Å². The molecule has 1 spiro atoms. The van der Waals surface area contributed by atoms with Gasteiger partial charge in [-0.05, 0) is 50.5 Å². The summed E-state index contributed by atoms with van der Waals surface area (Å²) in [6.07, 6.45) is 4.66. The van der Waals surface area contributed by atoms with Gasteiger partial charge in [-0.3, -0.25) is 14.9 Å². The molecule has 5 heterocycles. The number of aromatic nitrogens is 2. The Labute approximate surface area is 176 Å². The first-order valence-electron chi connectivity index (χ1n) is 9.85. The molecule has 8 nitrogen and oxygen atoms in total. The molecule has 30 heavy (non-hydrogen) atoms. The van der Waals surface area contributed by atoms with E-state index < -0.39 is 11.6 Å². The van der Waals surface area contributed by atoms with Crippen LogP contribution in [0, 0.1) is 13.8 Å². The average molecular weight is 423 g/mol. The van der Waals surface area contributed by atoms with Crippen molar-refractivity contribution in [3.05, 3.63) is 46.7 Å². The van der Waals surface area contributed by atoms with Gasteiger partial charge in [0.1, 0.15) is 15.2 Å². The van der Waals surface area contributed by atoms with Crippen molar-refractivity contribution in [3.8, 4) is 5.69 Å². The van der Waals surface area contributed by atoms with Crippen LogP contribution < -0.4 is 10.6 Å². The lowest BCUT2D eigenvalue weighted by Crippen LogP contribution is -2.55. The van der Waals surface area contributed by atoms with Crippen LogP contribution in [0.3, 0.4) is 0 Å². The van der Waals surface area contributed by atoms with Gasteiger partial charge in [0.25, 0.3) is 11.8 Å². The minimum absolute atomic E-state index is 0.0710. The molecule has 0 aliphatic carbocycles. The maximum absolute atomic E-state index is 13.5. The number of fused-ring (bicyclic) bond motifs is 1. The van der Waals surface area contributed by atoms with Gasteiger partial charge in [-0.2, -0.15) is 0 Å². The highest BCUT2D eigenvalue weighted by Crippen LogP contribution is 2.37. The number of likely N-dealkylation sites (tertiary alicyclic amines) is 1. The SMILES string of the molecule is Cc1cc(C)c2c(-n3cccc3)c(C(=O)N3CCC4(CC3)NC(=O)NC4=O)sc2n1. The van der Waals surface area contributed by atoms with Crippen LogP contribution in [-0.4, -0.2) is 50.9 Å². The molecule has 0 aromatic carbocycles. The van der Waals surface area contributed by atoms with Crippen LogP contribution in [0.1, 0.15) is 33.8 Å². The van der Waals surface area contributed by atoms with E-state index in [0.717, 1.165) is 27.2 Å². The first kappa shape index (κ1) is 18.8. The lowest BCUT2D eigenvalue weighted by Gasteiger charge is -2.36. The minimum Gasteiger partial charge on any atom is -0.338 e. The molecule has 2 N–H and O–H groups in total. The molecule has 0 unspecified atom stereocenters. The Bertz CT molecular complexity index is 1190. The number of thiophene rings is 1. The van der Waals surface area contributed by atoms with E-state index in [1.165, 1.54) is 11.3 Å². The van der Waals surface area contributed by atoms with Crippen molar-refractivity contribution in [1.29, 1.82) is 0 Å². The number of piperidine rings is 1.